The third-order valence-corrected chi connectivity index (χ3v) is 4.48. The Kier molecular flexibility index (Phi) is 3.82. The number of hydrogen-bond acceptors (Lipinski definition) is 4. The van der Waals surface area contributed by atoms with Crippen LogP contribution in [0.2, 0.25) is 5.15 Å². The van der Waals surface area contributed by atoms with Crippen molar-refractivity contribution in [1.29, 1.82) is 0 Å². The number of carbonyl (C=O) groups excluding carboxylic acids is 1. The van der Waals surface area contributed by atoms with Gasteiger partial charge in [-0.2, -0.15) is 0 Å². The van der Waals surface area contributed by atoms with E-state index < -0.39 is 0 Å². The minimum absolute atomic E-state index is 0.339. The maximum Gasteiger partial charge on any atom is 0.187 e. The molecule has 0 saturated heterocycles. The van der Waals surface area contributed by atoms with E-state index in [0.717, 1.165) is 18.0 Å². The fourth-order valence-corrected chi connectivity index (χ4v) is 3.46. The normalized spacial score (nSPS) is 16.6. The van der Waals surface area contributed by atoms with E-state index in [0.29, 0.717) is 16.1 Å². The van der Waals surface area contributed by atoms with E-state index >= 15 is 0 Å². The molecule has 1 saturated carbocycles. The van der Waals surface area contributed by atoms with Crippen LogP contribution < -0.4 is 4.90 Å². The standard InChI is InChI=1S/C11H15ClN2OS/c1-2-14(8-5-3-4-6-8)11-13-10(12)9(7-15)16-11/h7-8H,2-6H2,1H3. The third kappa shape index (κ3) is 2.23. The first-order chi connectivity index (χ1) is 7.76. The van der Waals surface area contributed by atoms with E-state index in [1.165, 1.54) is 37.0 Å². The molecule has 3 nitrogen and oxygen atoms in total. The lowest BCUT2D eigenvalue weighted by Crippen LogP contribution is -2.32. The summed E-state index contributed by atoms with van der Waals surface area (Å²) < 4.78 is 0. The van der Waals surface area contributed by atoms with Crippen molar-refractivity contribution in [3.05, 3.63) is 10.0 Å². The zero-order valence-corrected chi connectivity index (χ0v) is 10.9. The highest BCUT2D eigenvalue weighted by Crippen LogP contribution is 2.33. The van der Waals surface area contributed by atoms with Crippen LogP contribution in [0.25, 0.3) is 0 Å². The Bertz CT molecular complexity index is 374. The molecule has 1 aliphatic rings. The molecule has 0 aliphatic heterocycles. The number of carbonyl (C=O) groups is 1. The van der Waals surface area contributed by atoms with Gasteiger partial charge in [0.15, 0.2) is 16.6 Å². The highest BCUT2D eigenvalue weighted by Gasteiger charge is 2.24. The van der Waals surface area contributed by atoms with E-state index in [1.807, 2.05) is 0 Å². The zero-order valence-electron chi connectivity index (χ0n) is 9.28. The summed E-state index contributed by atoms with van der Waals surface area (Å²) in [7, 11) is 0. The second-order valence-corrected chi connectivity index (χ2v) is 5.36. The van der Waals surface area contributed by atoms with Crippen molar-refractivity contribution in [3.8, 4) is 0 Å². The quantitative estimate of drug-likeness (QED) is 0.777. The molecule has 0 radical (unpaired) electrons. The van der Waals surface area contributed by atoms with Crippen molar-refractivity contribution < 1.29 is 4.79 Å². The number of rotatable bonds is 4. The van der Waals surface area contributed by atoms with Crippen molar-refractivity contribution in [1.82, 2.24) is 4.98 Å². The first kappa shape index (κ1) is 11.9. The van der Waals surface area contributed by atoms with Crippen LogP contribution in [0.3, 0.4) is 0 Å². The fourth-order valence-electron chi connectivity index (χ4n) is 2.26. The lowest BCUT2D eigenvalue weighted by molar-refractivity contribution is 0.112. The smallest absolute Gasteiger partial charge is 0.187 e. The van der Waals surface area contributed by atoms with Crippen LogP contribution in [0.1, 0.15) is 42.3 Å². The first-order valence-electron chi connectivity index (χ1n) is 5.64. The van der Waals surface area contributed by atoms with Gasteiger partial charge in [0, 0.05) is 12.6 Å². The summed E-state index contributed by atoms with van der Waals surface area (Å²) in [5, 5.41) is 1.23. The van der Waals surface area contributed by atoms with E-state index in [9.17, 15) is 4.79 Å². The number of hydrogen-bond donors (Lipinski definition) is 0. The Morgan fingerprint density at radius 2 is 2.25 bits per heavy atom. The van der Waals surface area contributed by atoms with Crippen LogP contribution in [0.4, 0.5) is 5.13 Å². The molecule has 0 unspecified atom stereocenters. The predicted octanol–water partition coefficient (Wildman–Crippen LogP) is 3.38. The molecule has 1 fully saturated rings. The van der Waals surface area contributed by atoms with Crippen LogP contribution in [-0.2, 0) is 0 Å². The number of aldehydes is 1. The van der Waals surface area contributed by atoms with Gasteiger partial charge in [-0.1, -0.05) is 35.8 Å². The zero-order chi connectivity index (χ0) is 11.5. The van der Waals surface area contributed by atoms with Gasteiger partial charge in [-0.15, -0.1) is 0 Å². The summed E-state index contributed by atoms with van der Waals surface area (Å²) in [6.07, 6.45) is 5.82. The summed E-state index contributed by atoms with van der Waals surface area (Å²) in [6, 6.07) is 0.576. The SMILES string of the molecule is CCN(c1nc(Cl)c(C=O)s1)C1CCCC1. The van der Waals surface area contributed by atoms with Gasteiger partial charge in [-0.05, 0) is 19.8 Å². The maximum atomic E-state index is 10.7. The molecule has 0 spiro atoms. The first-order valence-corrected chi connectivity index (χ1v) is 6.83. The lowest BCUT2D eigenvalue weighted by atomic mass is 10.2. The minimum Gasteiger partial charge on any atom is -0.345 e. The van der Waals surface area contributed by atoms with Gasteiger partial charge in [0.2, 0.25) is 0 Å². The van der Waals surface area contributed by atoms with Gasteiger partial charge < -0.3 is 4.90 Å². The van der Waals surface area contributed by atoms with E-state index in [2.05, 4.69) is 16.8 Å². The van der Waals surface area contributed by atoms with Crippen molar-refractivity contribution in [3.63, 3.8) is 0 Å². The van der Waals surface area contributed by atoms with Gasteiger partial charge in [-0.25, -0.2) is 4.98 Å². The summed E-state index contributed by atoms with van der Waals surface area (Å²) in [5.74, 6) is 0. The van der Waals surface area contributed by atoms with Crippen molar-refractivity contribution >= 4 is 34.4 Å². The number of aromatic nitrogens is 1. The van der Waals surface area contributed by atoms with Crippen LogP contribution >= 0.6 is 22.9 Å². The Labute approximate surface area is 104 Å². The number of anilines is 1. The molecular formula is C11H15ClN2OS. The Morgan fingerprint density at radius 1 is 1.56 bits per heavy atom. The molecule has 0 aromatic carbocycles. The van der Waals surface area contributed by atoms with Gasteiger partial charge in [0.25, 0.3) is 0 Å². The average Bonchev–Trinajstić information content (AvgIpc) is 2.89. The van der Waals surface area contributed by atoms with E-state index in [1.54, 1.807) is 0 Å². The van der Waals surface area contributed by atoms with Crippen LogP contribution in [0.15, 0.2) is 0 Å². The third-order valence-electron chi connectivity index (χ3n) is 3.06. The molecule has 0 atom stereocenters. The molecule has 2 rings (SSSR count). The highest BCUT2D eigenvalue weighted by atomic mass is 35.5. The van der Waals surface area contributed by atoms with Gasteiger partial charge in [0.1, 0.15) is 4.88 Å². The van der Waals surface area contributed by atoms with Crippen LogP contribution in [0.5, 0.6) is 0 Å². The fraction of sp³-hybridized carbons (Fsp3) is 0.636. The monoisotopic (exact) mass is 258 g/mol. The lowest BCUT2D eigenvalue weighted by Gasteiger charge is -2.26. The summed E-state index contributed by atoms with van der Waals surface area (Å²) in [5.41, 5.74) is 0. The minimum atomic E-state index is 0.339. The summed E-state index contributed by atoms with van der Waals surface area (Å²) in [6.45, 7) is 3.04. The molecule has 1 aliphatic carbocycles. The van der Waals surface area contributed by atoms with Crippen molar-refractivity contribution in [2.24, 2.45) is 0 Å². The molecular weight excluding hydrogens is 244 g/mol. The number of nitrogens with zero attached hydrogens (tertiary/aromatic N) is 2. The van der Waals surface area contributed by atoms with Gasteiger partial charge in [0.05, 0.1) is 0 Å². The Hall–Kier alpha value is -0.610. The molecule has 16 heavy (non-hydrogen) atoms. The Balaban J connectivity index is 2.21. The molecule has 0 bridgehead atoms. The van der Waals surface area contributed by atoms with Crippen molar-refractivity contribution in [2.45, 2.75) is 38.6 Å². The average molecular weight is 259 g/mol. The van der Waals surface area contributed by atoms with Crippen LogP contribution in [0, 0.1) is 0 Å². The topological polar surface area (TPSA) is 33.2 Å². The molecule has 1 aromatic heterocycles. The highest BCUT2D eigenvalue weighted by molar-refractivity contribution is 7.17. The molecule has 0 N–H and O–H groups in total. The number of halogens is 1. The predicted molar refractivity (Wildman–Crippen MR) is 67.8 cm³/mol. The maximum absolute atomic E-state index is 10.7. The molecule has 5 heteroatoms. The molecule has 1 heterocycles. The second-order valence-electron chi connectivity index (χ2n) is 3.99. The van der Waals surface area contributed by atoms with E-state index in [4.69, 9.17) is 11.6 Å². The van der Waals surface area contributed by atoms with E-state index in [-0.39, 0.29) is 0 Å². The van der Waals surface area contributed by atoms with Gasteiger partial charge in [-0.3, -0.25) is 4.79 Å². The van der Waals surface area contributed by atoms with Crippen LogP contribution in [-0.4, -0.2) is 23.9 Å². The second kappa shape index (κ2) is 5.15. The number of thiazole rings is 1. The van der Waals surface area contributed by atoms with Crippen molar-refractivity contribution in [2.75, 3.05) is 11.4 Å². The largest absolute Gasteiger partial charge is 0.345 e. The Morgan fingerprint density at radius 3 is 2.75 bits per heavy atom. The summed E-state index contributed by atoms with van der Waals surface area (Å²) in [4.78, 5) is 17.8. The molecule has 0 amide bonds. The van der Waals surface area contributed by atoms with Gasteiger partial charge >= 0.3 is 0 Å². The summed E-state index contributed by atoms with van der Waals surface area (Å²) >= 11 is 7.29. The molecule has 1 aromatic rings. The molecule has 88 valence electrons.